The second-order valence-corrected chi connectivity index (χ2v) is 2.02. The van der Waals surface area contributed by atoms with Crippen molar-refractivity contribution in [2.24, 2.45) is 0 Å². The van der Waals surface area contributed by atoms with Crippen LogP contribution in [-0.2, 0) is 0 Å². The van der Waals surface area contributed by atoms with Gasteiger partial charge in [-0.1, -0.05) is 18.2 Å². The maximum atomic E-state index is 2.21. The number of halogens is 3. The van der Waals surface area contributed by atoms with Gasteiger partial charge in [0, 0.05) is 0 Å². The van der Waals surface area contributed by atoms with Crippen LogP contribution in [0.2, 0.25) is 0 Å². The first-order valence-corrected chi connectivity index (χ1v) is 3.31. The standard InChI is InChI=1S/C8H11N.3BrH.Pb/c1-2-9-8-6-4-3-5-7-8;;;;/h3-7,9H,2H2,1H3;3*1H;/q;;;;+2/p-2. The first kappa shape index (κ1) is 24.0. The predicted molar refractivity (Wildman–Crippen MR) is 44.3 cm³/mol. The van der Waals surface area contributed by atoms with Crippen LogP contribution in [0.4, 0.5) is 5.69 Å². The van der Waals surface area contributed by atoms with Crippen LogP contribution in [0.3, 0.4) is 0 Å². The van der Waals surface area contributed by atoms with Gasteiger partial charge >= 0.3 is 27.3 Å². The van der Waals surface area contributed by atoms with E-state index >= 15 is 0 Å². The fourth-order valence-corrected chi connectivity index (χ4v) is 0.825. The summed E-state index contributed by atoms with van der Waals surface area (Å²) in [6.07, 6.45) is 0. The fraction of sp³-hybridized carbons (Fsp3) is 0.250. The van der Waals surface area contributed by atoms with Gasteiger partial charge in [-0.3, -0.25) is 0 Å². The molecule has 0 aromatic heterocycles. The molecule has 0 aliphatic carbocycles. The van der Waals surface area contributed by atoms with Gasteiger partial charge in [0.1, 0.15) is 5.69 Å². The second kappa shape index (κ2) is 16.0. The Morgan fingerprint density at radius 3 is 1.85 bits per heavy atom. The van der Waals surface area contributed by atoms with Crippen LogP contribution in [0.5, 0.6) is 0 Å². The third kappa shape index (κ3) is 11.5. The summed E-state index contributed by atoms with van der Waals surface area (Å²) in [6.45, 7) is 3.26. The van der Waals surface area contributed by atoms with Crippen LogP contribution in [0.1, 0.15) is 6.92 Å². The first-order valence-electron chi connectivity index (χ1n) is 3.31. The van der Waals surface area contributed by atoms with Crippen LogP contribution in [0.25, 0.3) is 0 Å². The van der Waals surface area contributed by atoms with Crippen molar-refractivity contribution in [2.45, 2.75) is 6.92 Å². The Bertz CT molecular complexity index is 172. The molecule has 0 bridgehead atoms. The molecule has 0 atom stereocenters. The molecule has 1 aromatic rings. The van der Waals surface area contributed by atoms with Gasteiger partial charge in [-0.2, -0.15) is 0 Å². The molecule has 0 fully saturated rings. The van der Waals surface area contributed by atoms with Gasteiger partial charge in [-0.25, -0.2) is 0 Å². The molecule has 1 aromatic carbocycles. The minimum absolute atomic E-state index is 0. The van der Waals surface area contributed by atoms with Gasteiger partial charge in [-0.05, 0) is 19.1 Å². The van der Waals surface area contributed by atoms with Crippen molar-refractivity contribution in [2.75, 3.05) is 6.54 Å². The summed E-state index contributed by atoms with van der Waals surface area (Å²) in [6, 6.07) is 10.4. The van der Waals surface area contributed by atoms with E-state index in [0.29, 0.717) is 0 Å². The smallest absolute Gasteiger partial charge is 1.00 e. The summed E-state index contributed by atoms with van der Waals surface area (Å²) in [7, 11) is 0. The van der Waals surface area contributed by atoms with E-state index in [9.17, 15) is 0 Å². The van der Waals surface area contributed by atoms with Crippen molar-refractivity contribution in [3.63, 3.8) is 0 Å². The van der Waals surface area contributed by atoms with Gasteiger partial charge in [0.05, 0.1) is 6.54 Å². The zero-order chi connectivity index (χ0) is 6.53. The number of benzene rings is 1. The van der Waals surface area contributed by atoms with Crippen molar-refractivity contribution >= 4 is 33.0 Å². The van der Waals surface area contributed by atoms with Gasteiger partial charge in [0.25, 0.3) is 0 Å². The molecule has 0 saturated carbocycles. The van der Waals surface area contributed by atoms with Crippen LogP contribution in [0, 0.1) is 0 Å². The molecule has 0 aliphatic heterocycles. The maximum Gasteiger partial charge on any atom is 2.00 e. The van der Waals surface area contributed by atoms with E-state index in [1.807, 2.05) is 6.07 Å². The molecule has 13 heavy (non-hydrogen) atoms. The van der Waals surface area contributed by atoms with Crippen LogP contribution in [-0.4, -0.2) is 33.8 Å². The molecule has 2 N–H and O–H groups in total. The predicted octanol–water partition coefficient (Wildman–Crippen LogP) is -8.47. The molecule has 0 amide bonds. The topological polar surface area (TPSA) is 16.6 Å². The van der Waals surface area contributed by atoms with Crippen molar-refractivity contribution in [1.82, 2.24) is 0 Å². The normalized spacial score (nSPS) is 6.54. The number of hydrogen-bond acceptors (Lipinski definition) is 0. The minimum Gasteiger partial charge on any atom is -1.00 e. The quantitative estimate of drug-likeness (QED) is 0.270. The Labute approximate surface area is 132 Å². The molecule has 0 aliphatic rings. The molecule has 5 heteroatoms. The van der Waals surface area contributed by atoms with Gasteiger partial charge < -0.3 is 56.3 Å². The first-order chi connectivity index (χ1) is 4.43. The van der Waals surface area contributed by atoms with E-state index in [-0.39, 0.29) is 78.2 Å². The Morgan fingerprint density at radius 2 is 1.46 bits per heavy atom. The second-order valence-electron chi connectivity index (χ2n) is 2.02. The van der Waals surface area contributed by atoms with Crippen molar-refractivity contribution in [3.05, 3.63) is 30.3 Å². The molecule has 74 valence electrons. The van der Waals surface area contributed by atoms with Crippen LogP contribution < -0.4 is 56.3 Å². The van der Waals surface area contributed by atoms with Crippen molar-refractivity contribution < 1.29 is 56.3 Å². The maximum absolute atomic E-state index is 2.21. The summed E-state index contributed by atoms with van der Waals surface area (Å²) in [5, 5.41) is 2.21. The van der Waals surface area contributed by atoms with Gasteiger partial charge in [0.15, 0.2) is 0 Å². The molecule has 0 heterocycles. The Kier molecular flexibility index (Phi) is 29.5. The van der Waals surface area contributed by atoms with E-state index in [0.717, 1.165) is 6.54 Å². The molecule has 1 nitrogen and oxygen atoms in total. The molecular weight excluding hydrogens is 557 g/mol. The van der Waals surface area contributed by atoms with Crippen LogP contribution >= 0.6 is 0 Å². The minimum atomic E-state index is 0. The number of quaternary nitrogens is 1. The Hall–Kier alpha value is 1.54. The molecule has 2 radical (unpaired) electrons. The average molecular weight is 569 g/mol. The molecule has 0 unspecified atom stereocenters. The zero-order valence-corrected chi connectivity index (χ0v) is 16.0. The summed E-state index contributed by atoms with van der Waals surface area (Å²) < 4.78 is 0. The third-order valence-corrected chi connectivity index (χ3v) is 1.24. The fourth-order valence-electron chi connectivity index (χ4n) is 0.825. The number of rotatable bonds is 2. The summed E-state index contributed by atoms with van der Waals surface area (Å²) >= 11 is 0. The average Bonchev–Trinajstić information content (AvgIpc) is 1.91. The largest absolute Gasteiger partial charge is 2.00 e. The van der Waals surface area contributed by atoms with E-state index in [1.165, 1.54) is 5.69 Å². The van der Waals surface area contributed by atoms with Gasteiger partial charge in [0.2, 0.25) is 0 Å². The number of para-hydroxylation sites is 1. The van der Waals surface area contributed by atoms with E-state index in [1.54, 1.807) is 0 Å². The SMILES string of the molecule is CC[NH2+]c1ccccc1.[Br-].[Br-].[Br-].[Pb+2]. The Balaban J connectivity index is -0.000000101. The molecule has 0 spiro atoms. The summed E-state index contributed by atoms with van der Waals surface area (Å²) in [5.41, 5.74) is 1.32. The third-order valence-electron chi connectivity index (χ3n) is 1.24. The summed E-state index contributed by atoms with van der Waals surface area (Å²) in [4.78, 5) is 0. The van der Waals surface area contributed by atoms with Crippen LogP contribution in [0.15, 0.2) is 30.3 Å². The number of nitrogens with two attached hydrogens (primary N) is 1. The van der Waals surface area contributed by atoms with E-state index in [4.69, 9.17) is 0 Å². The summed E-state index contributed by atoms with van der Waals surface area (Å²) in [5.74, 6) is 0. The zero-order valence-electron chi connectivity index (χ0n) is 7.31. The van der Waals surface area contributed by atoms with Crippen molar-refractivity contribution in [3.8, 4) is 0 Å². The number of hydrogen-bond donors (Lipinski definition) is 1. The monoisotopic (exact) mass is 567 g/mol. The van der Waals surface area contributed by atoms with Crippen molar-refractivity contribution in [1.29, 1.82) is 0 Å². The van der Waals surface area contributed by atoms with E-state index < -0.39 is 0 Å². The molecule has 0 saturated heterocycles. The molecule has 1 rings (SSSR count). The molecular formula is C8H12Br3NPb. The van der Waals surface area contributed by atoms with E-state index in [2.05, 4.69) is 36.5 Å². The Morgan fingerprint density at radius 1 is 1.00 bits per heavy atom. The van der Waals surface area contributed by atoms with Gasteiger partial charge in [-0.15, -0.1) is 0 Å².